The quantitative estimate of drug-likeness (QED) is 0.585. The molecular weight excluding hydrogens is 326 g/mol. The van der Waals surface area contributed by atoms with Crippen LogP contribution in [0.1, 0.15) is 5.56 Å². The maximum absolute atomic E-state index is 12.1. The molecule has 0 aliphatic rings. The number of aromatic nitrogens is 4. The van der Waals surface area contributed by atoms with Crippen molar-refractivity contribution < 1.29 is 9.84 Å². The Kier molecular flexibility index (Phi) is 4.32. The summed E-state index contributed by atoms with van der Waals surface area (Å²) in [5, 5.41) is 10.2. The predicted octanol–water partition coefficient (Wildman–Crippen LogP) is -0.246. The normalized spacial score (nSPS) is 12.4. The zero-order valence-corrected chi connectivity index (χ0v) is 13.9. The molecule has 1 atom stereocenters. The van der Waals surface area contributed by atoms with Crippen LogP contribution in [0.25, 0.3) is 11.2 Å². The van der Waals surface area contributed by atoms with Gasteiger partial charge in [0.15, 0.2) is 11.2 Å². The lowest BCUT2D eigenvalue weighted by molar-refractivity contribution is 0.0939. The lowest BCUT2D eigenvalue weighted by Gasteiger charge is -2.14. The standard InChI is InChI=1S/C16H19N5O4/c1-9-3-5-11(6-4-9)25-8-10(22)7-21-12-13(18-15(21)17)20(2)16(24)19-14(12)23/h3-6,10,22H,7-8H2,1-2H3,(H2,17,18)(H,19,23,24)/t10-/m0/s1. The molecule has 1 aromatic carbocycles. The number of H-pyrrole nitrogens is 1. The summed E-state index contributed by atoms with van der Waals surface area (Å²) < 4.78 is 8.10. The summed E-state index contributed by atoms with van der Waals surface area (Å²) in [6.45, 7) is 2.00. The van der Waals surface area contributed by atoms with E-state index in [9.17, 15) is 14.7 Å². The average molecular weight is 345 g/mol. The summed E-state index contributed by atoms with van der Waals surface area (Å²) in [7, 11) is 1.48. The van der Waals surface area contributed by atoms with E-state index < -0.39 is 17.4 Å². The number of aryl methyl sites for hydroxylation is 2. The second-order valence-corrected chi connectivity index (χ2v) is 5.85. The average Bonchev–Trinajstić information content (AvgIpc) is 2.89. The smallest absolute Gasteiger partial charge is 0.329 e. The number of anilines is 1. The van der Waals surface area contributed by atoms with Gasteiger partial charge in [0.05, 0.1) is 6.54 Å². The van der Waals surface area contributed by atoms with E-state index in [1.165, 1.54) is 16.2 Å². The Morgan fingerprint density at radius 3 is 2.68 bits per heavy atom. The van der Waals surface area contributed by atoms with Crippen LogP contribution in [-0.2, 0) is 13.6 Å². The monoisotopic (exact) mass is 345 g/mol. The molecule has 0 saturated heterocycles. The fourth-order valence-corrected chi connectivity index (χ4v) is 2.53. The SMILES string of the molecule is Cc1ccc(OC[C@@H](O)Cn2c(N)nc3c2c(=O)[nH]c(=O)n3C)cc1. The molecule has 0 aliphatic heterocycles. The van der Waals surface area contributed by atoms with Crippen LogP contribution in [0.3, 0.4) is 0 Å². The third kappa shape index (κ3) is 3.26. The molecule has 0 saturated carbocycles. The number of aromatic amines is 1. The Bertz CT molecular complexity index is 1020. The van der Waals surface area contributed by atoms with Crippen molar-refractivity contribution in [2.75, 3.05) is 12.3 Å². The van der Waals surface area contributed by atoms with Crippen molar-refractivity contribution in [2.45, 2.75) is 19.6 Å². The maximum atomic E-state index is 12.1. The summed E-state index contributed by atoms with van der Waals surface area (Å²) in [5.74, 6) is 0.671. The number of nitrogens with two attached hydrogens (primary N) is 1. The van der Waals surface area contributed by atoms with E-state index >= 15 is 0 Å². The van der Waals surface area contributed by atoms with Gasteiger partial charge in [-0.2, -0.15) is 4.98 Å². The van der Waals surface area contributed by atoms with Gasteiger partial charge in [0.1, 0.15) is 18.5 Å². The highest BCUT2D eigenvalue weighted by Gasteiger charge is 2.18. The largest absolute Gasteiger partial charge is 0.491 e. The maximum Gasteiger partial charge on any atom is 0.329 e. The van der Waals surface area contributed by atoms with Crippen LogP contribution in [0, 0.1) is 6.92 Å². The molecule has 3 rings (SSSR count). The molecule has 0 bridgehead atoms. The molecule has 0 spiro atoms. The first kappa shape index (κ1) is 16.8. The molecule has 3 aromatic rings. The fraction of sp³-hybridized carbons (Fsp3) is 0.312. The lowest BCUT2D eigenvalue weighted by Crippen LogP contribution is -2.30. The number of nitrogens with one attached hydrogen (secondary N) is 1. The molecule has 0 amide bonds. The summed E-state index contributed by atoms with van der Waals surface area (Å²) in [5.41, 5.74) is 6.07. The number of nitrogen functional groups attached to an aromatic ring is 1. The van der Waals surface area contributed by atoms with E-state index in [1.54, 1.807) is 0 Å². The first-order valence-corrected chi connectivity index (χ1v) is 7.69. The highest BCUT2D eigenvalue weighted by molar-refractivity contribution is 5.73. The molecule has 132 valence electrons. The Morgan fingerprint density at radius 2 is 2.00 bits per heavy atom. The van der Waals surface area contributed by atoms with Crippen LogP contribution in [0.5, 0.6) is 5.75 Å². The van der Waals surface area contributed by atoms with Gasteiger partial charge in [0.25, 0.3) is 5.56 Å². The molecule has 9 nitrogen and oxygen atoms in total. The molecule has 2 heterocycles. The van der Waals surface area contributed by atoms with Crippen molar-refractivity contribution >= 4 is 17.1 Å². The Hall–Kier alpha value is -3.07. The van der Waals surface area contributed by atoms with Gasteiger partial charge < -0.3 is 20.1 Å². The highest BCUT2D eigenvalue weighted by Crippen LogP contribution is 2.15. The molecule has 9 heteroatoms. The van der Waals surface area contributed by atoms with Gasteiger partial charge in [-0.3, -0.25) is 14.3 Å². The van der Waals surface area contributed by atoms with Crippen LogP contribution in [0.15, 0.2) is 33.9 Å². The van der Waals surface area contributed by atoms with Gasteiger partial charge in [-0.1, -0.05) is 17.7 Å². The minimum absolute atomic E-state index is 0.00940. The van der Waals surface area contributed by atoms with Crippen LogP contribution in [0.4, 0.5) is 5.95 Å². The molecule has 0 aliphatic carbocycles. The van der Waals surface area contributed by atoms with Crippen molar-refractivity contribution in [1.29, 1.82) is 0 Å². The Labute approximate surface area is 142 Å². The predicted molar refractivity (Wildman–Crippen MR) is 92.7 cm³/mol. The Balaban J connectivity index is 1.81. The number of hydrogen-bond donors (Lipinski definition) is 3. The second-order valence-electron chi connectivity index (χ2n) is 5.85. The molecule has 25 heavy (non-hydrogen) atoms. The van der Waals surface area contributed by atoms with Crippen molar-refractivity contribution in [3.63, 3.8) is 0 Å². The zero-order valence-electron chi connectivity index (χ0n) is 13.9. The lowest BCUT2D eigenvalue weighted by atomic mass is 10.2. The van der Waals surface area contributed by atoms with E-state index in [-0.39, 0.29) is 30.3 Å². The van der Waals surface area contributed by atoms with Gasteiger partial charge in [-0.15, -0.1) is 0 Å². The highest BCUT2D eigenvalue weighted by atomic mass is 16.5. The van der Waals surface area contributed by atoms with Crippen LogP contribution in [0.2, 0.25) is 0 Å². The van der Waals surface area contributed by atoms with E-state index in [0.717, 1.165) is 5.56 Å². The molecule has 0 radical (unpaired) electrons. The fourth-order valence-electron chi connectivity index (χ4n) is 2.53. The number of benzene rings is 1. The first-order valence-electron chi connectivity index (χ1n) is 7.69. The number of fused-ring (bicyclic) bond motifs is 1. The van der Waals surface area contributed by atoms with E-state index in [4.69, 9.17) is 10.5 Å². The summed E-state index contributed by atoms with van der Waals surface area (Å²) in [6, 6.07) is 7.43. The van der Waals surface area contributed by atoms with Crippen molar-refractivity contribution in [1.82, 2.24) is 19.1 Å². The number of aliphatic hydroxyl groups excluding tert-OH is 1. The topological polar surface area (TPSA) is 128 Å². The molecule has 0 unspecified atom stereocenters. The van der Waals surface area contributed by atoms with Gasteiger partial charge in [0.2, 0.25) is 5.95 Å². The van der Waals surface area contributed by atoms with Gasteiger partial charge in [-0.05, 0) is 19.1 Å². The summed E-state index contributed by atoms with van der Waals surface area (Å²) >= 11 is 0. The Morgan fingerprint density at radius 1 is 1.32 bits per heavy atom. The van der Waals surface area contributed by atoms with E-state index in [2.05, 4.69) is 9.97 Å². The summed E-state index contributed by atoms with van der Waals surface area (Å²) in [6.07, 6.45) is -0.919. The first-order chi connectivity index (χ1) is 11.9. The number of aliphatic hydroxyl groups is 1. The van der Waals surface area contributed by atoms with E-state index in [0.29, 0.717) is 5.75 Å². The number of rotatable bonds is 5. The number of hydrogen-bond acceptors (Lipinski definition) is 6. The van der Waals surface area contributed by atoms with Crippen molar-refractivity contribution in [2.24, 2.45) is 7.05 Å². The van der Waals surface area contributed by atoms with Gasteiger partial charge >= 0.3 is 5.69 Å². The molecule has 2 aromatic heterocycles. The van der Waals surface area contributed by atoms with Crippen molar-refractivity contribution in [3.05, 3.63) is 50.7 Å². The number of nitrogens with zero attached hydrogens (tertiary/aromatic N) is 3. The van der Waals surface area contributed by atoms with Crippen LogP contribution >= 0.6 is 0 Å². The van der Waals surface area contributed by atoms with Crippen molar-refractivity contribution in [3.8, 4) is 5.75 Å². The third-order valence-corrected chi connectivity index (χ3v) is 3.89. The molecular formula is C16H19N5O4. The number of ether oxygens (including phenoxy) is 1. The zero-order chi connectivity index (χ0) is 18.1. The third-order valence-electron chi connectivity index (χ3n) is 3.89. The van der Waals surface area contributed by atoms with Crippen LogP contribution in [-0.4, -0.2) is 36.9 Å². The minimum atomic E-state index is -0.919. The van der Waals surface area contributed by atoms with E-state index in [1.807, 2.05) is 31.2 Å². The van der Waals surface area contributed by atoms with Gasteiger partial charge in [-0.25, -0.2) is 4.79 Å². The van der Waals surface area contributed by atoms with Gasteiger partial charge in [0, 0.05) is 7.05 Å². The molecule has 4 N–H and O–H groups in total. The minimum Gasteiger partial charge on any atom is -0.491 e. The van der Waals surface area contributed by atoms with Crippen LogP contribution < -0.4 is 21.7 Å². The second kappa shape index (κ2) is 6.44. The summed E-state index contributed by atoms with van der Waals surface area (Å²) in [4.78, 5) is 29.9. The number of imidazole rings is 1. The molecule has 0 fully saturated rings.